The van der Waals surface area contributed by atoms with Crippen molar-refractivity contribution in [3.8, 4) is 11.5 Å². The van der Waals surface area contributed by atoms with E-state index in [0.29, 0.717) is 5.89 Å². The van der Waals surface area contributed by atoms with Gasteiger partial charge in [-0.25, -0.2) is 4.98 Å². The van der Waals surface area contributed by atoms with Crippen LogP contribution in [0.1, 0.15) is 11.1 Å². The maximum atomic E-state index is 5.75. The lowest BCUT2D eigenvalue weighted by Crippen LogP contribution is -1.78. The molecule has 0 atom stereocenters. The standard InChI is InChI=1S/C15H13NO/c1-10-4-3-5-12(8-10)15-16-13-9-11(2)6-7-14(13)17-15/h3-9H,1-2H3. The first-order valence-corrected chi connectivity index (χ1v) is 5.66. The summed E-state index contributed by atoms with van der Waals surface area (Å²) in [6, 6.07) is 14.2. The Kier molecular flexibility index (Phi) is 2.22. The van der Waals surface area contributed by atoms with Gasteiger partial charge in [-0.15, -0.1) is 0 Å². The third-order valence-electron chi connectivity index (χ3n) is 2.81. The molecule has 0 aliphatic rings. The van der Waals surface area contributed by atoms with Crippen molar-refractivity contribution in [1.29, 1.82) is 0 Å². The largest absolute Gasteiger partial charge is 0.436 e. The number of hydrogen-bond acceptors (Lipinski definition) is 2. The molecule has 1 heterocycles. The molecule has 0 unspecified atom stereocenters. The minimum atomic E-state index is 0.689. The Bertz CT molecular complexity index is 682. The van der Waals surface area contributed by atoms with Crippen LogP contribution < -0.4 is 0 Å². The van der Waals surface area contributed by atoms with Crippen LogP contribution in [0.2, 0.25) is 0 Å². The van der Waals surface area contributed by atoms with Crippen molar-refractivity contribution in [2.24, 2.45) is 0 Å². The zero-order valence-corrected chi connectivity index (χ0v) is 9.90. The topological polar surface area (TPSA) is 26.0 Å². The molecule has 84 valence electrons. The van der Waals surface area contributed by atoms with Gasteiger partial charge in [0.2, 0.25) is 5.89 Å². The van der Waals surface area contributed by atoms with Crippen LogP contribution in [0, 0.1) is 13.8 Å². The number of oxazole rings is 1. The van der Waals surface area contributed by atoms with Crippen molar-refractivity contribution in [2.75, 3.05) is 0 Å². The Hall–Kier alpha value is -2.09. The first-order valence-electron chi connectivity index (χ1n) is 5.66. The van der Waals surface area contributed by atoms with Crippen molar-refractivity contribution < 1.29 is 4.42 Å². The van der Waals surface area contributed by atoms with E-state index in [1.54, 1.807) is 0 Å². The molecule has 0 spiro atoms. The lowest BCUT2D eigenvalue weighted by molar-refractivity contribution is 0.619. The van der Waals surface area contributed by atoms with Gasteiger partial charge in [-0.3, -0.25) is 0 Å². The molecule has 3 rings (SSSR count). The smallest absolute Gasteiger partial charge is 0.227 e. The van der Waals surface area contributed by atoms with E-state index < -0.39 is 0 Å². The van der Waals surface area contributed by atoms with Gasteiger partial charge in [0.05, 0.1) is 0 Å². The number of fused-ring (bicyclic) bond motifs is 1. The molecule has 2 heteroatoms. The lowest BCUT2D eigenvalue weighted by Gasteiger charge is -1.95. The molecular weight excluding hydrogens is 210 g/mol. The first-order chi connectivity index (χ1) is 8.22. The molecular formula is C15H13NO. The number of hydrogen-bond donors (Lipinski definition) is 0. The van der Waals surface area contributed by atoms with Crippen molar-refractivity contribution in [1.82, 2.24) is 4.98 Å². The molecule has 0 saturated carbocycles. The van der Waals surface area contributed by atoms with E-state index in [-0.39, 0.29) is 0 Å². The number of nitrogens with zero attached hydrogens (tertiary/aromatic N) is 1. The molecule has 0 N–H and O–H groups in total. The summed E-state index contributed by atoms with van der Waals surface area (Å²) in [5.41, 5.74) is 5.19. The van der Waals surface area contributed by atoms with Gasteiger partial charge in [-0.2, -0.15) is 0 Å². The van der Waals surface area contributed by atoms with Crippen LogP contribution in [0.4, 0.5) is 0 Å². The molecule has 0 aliphatic heterocycles. The number of aryl methyl sites for hydroxylation is 2. The molecule has 17 heavy (non-hydrogen) atoms. The summed E-state index contributed by atoms with van der Waals surface area (Å²) >= 11 is 0. The van der Waals surface area contributed by atoms with E-state index in [2.05, 4.69) is 31.0 Å². The second kappa shape index (κ2) is 3.74. The van der Waals surface area contributed by atoms with Crippen LogP contribution in [0.3, 0.4) is 0 Å². The highest BCUT2D eigenvalue weighted by atomic mass is 16.3. The van der Waals surface area contributed by atoms with Gasteiger partial charge in [0.15, 0.2) is 5.58 Å². The first kappa shape index (κ1) is 10.1. The Labute approximate surface area is 99.9 Å². The summed E-state index contributed by atoms with van der Waals surface area (Å²) < 4.78 is 5.75. The highest BCUT2D eigenvalue weighted by molar-refractivity contribution is 5.76. The fraction of sp³-hybridized carbons (Fsp3) is 0.133. The summed E-state index contributed by atoms with van der Waals surface area (Å²) in [5, 5.41) is 0. The maximum Gasteiger partial charge on any atom is 0.227 e. The van der Waals surface area contributed by atoms with Crippen LogP contribution in [0.25, 0.3) is 22.6 Å². The predicted octanol–water partition coefficient (Wildman–Crippen LogP) is 4.11. The molecule has 0 saturated heterocycles. The highest BCUT2D eigenvalue weighted by Crippen LogP contribution is 2.25. The van der Waals surface area contributed by atoms with Crippen LogP contribution in [-0.2, 0) is 0 Å². The SMILES string of the molecule is Cc1cccc(-c2nc3cc(C)ccc3o2)c1. The van der Waals surface area contributed by atoms with Crippen LogP contribution in [-0.4, -0.2) is 4.98 Å². The normalized spacial score (nSPS) is 10.9. The summed E-state index contributed by atoms with van der Waals surface area (Å²) in [5.74, 6) is 0.689. The molecule has 1 aromatic heterocycles. The number of rotatable bonds is 1. The van der Waals surface area contributed by atoms with E-state index in [1.807, 2.05) is 30.3 Å². The van der Waals surface area contributed by atoms with E-state index in [1.165, 1.54) is 11.1 Å². The second-order valence-electron chi connectivity index (χ2n) is 4.36. The minimum Gasteiger partial charge on any atom is -0.436 e. The monoisotopic (exact) mass is 223 g/mol. The second-order valence-corrected chi connectivity index (χ2v) is 4.36. The van der Waals surface area contributed by atoms with E-state index in [9.17, 15) is 0 Å². The van der Waals surface area contributed by atoms with Gasteiger partial charge in [-0.05, 0) is 43.7 Å². The lowest BCUT2D eigenvalue weighted by atomic mass is 10.1. The molecule has 0 bridgehead atoms. The molecule has 0 radical (unpaired) electrons. The molecule has 2 nitrogen and oxygen atoms in total. The Morgan fingerprint density at radius 2 is 1.76 bits per heavy atom. The summed E-state index contributed by atoms with van der Waals surface area (Å²) in [6.45, 7) is 4.12. The van der Waals surface area contributed by atoms with Gasteiger partial charge < -0.3 is 4.42 Å². The highest BCUT2D eigenvalue weighted by Gasteiger charge is 2.07. The van der Waals surface area contributed by atoms with E-state index >= 15 is 0 Å². The maximum absolute atomic E-state index is 5.75. The van der Waals surface area contributed by atoms with Gasteiger partial charge in [0.25, 0.3) is 0 Å². The number of benzene rings is 2. The number of aromatic nitrogens is 1. The van der Waals surface area contributed by atoms with Crippen molar-refractivity contribution in [3.05, 3.63) is 53.6 Å². The molecule has 2 aromatic carbocycles. The Morgan fingerprint density at radius 3 is 2.59 bits per heavy atom. The molecule has 3 aromatic rings. The van der Waals surface area contributed by atoms with E-state index in [4.69, 9.17) is 4.42 Å². The Balaban J connectivity index is 2.18. The van der Waals surface area contributed by atoms with Crippen molar-refractivity contribution >= 4 is 11.1 Å². The zero-order valence-electron chi connectivity index (χ0n) is 9.90. The van der Waals surface area contributed by atoms with E-state index in [0.717, 1.165) is 16.7 Å². The van der Waals surface area contributed by atoms with Crippen molar-refractivity contribution in [3.63, 3.8) is 0 Å². The predicted molar refractivity (Wildman–Crippen MR) is 68.9 cm³/mol. The summed E-state index contributed by atoms with van der Waals surface area (Å²) in [6.07, 6.45) is 0. The molecule has 0 aliphatic carbocycles. The van der Waals surface area contributed by atoms with Gasteiger partial charge in [0, 0.05) is 5.56 Å². The fourth-order valence-electron chi connectivity index (χ4n) is 1.94. The average molecular weight is 223 g/mol. The molecule has 0 fully saturated rings. The average Bonchev–Trinajstić information content (AvgIpc) is 2.72. The van der Waals surface area contributed by atoms with Crippen LogP contribution >= 0.6 is 0 Å². The van der Waals surface area contributed by atoms with Gasteiger partial charge >= 0.3 is 0 Å². The quantitative estimate of drug-likeness (QED) is 0.620. The van der Waals surface area contributed by atoms with Gasteiger partial charge in [-0.1, -0.05) is 23.8 Å². The zero-order chi connectivity index (χ0) is 11.8. The third kappa shape index (κ3) is 1.82. The van der Waals surface area contributed by atoms with Gasteiger partial charge in [0.1, 0.15) is 5.52 Å². The minimum absolute atomic E-state index is 0.689. The summed E-state index contributed by atoms with van der Waals surface area (Å²) in [7, 11) is 0. The fourth-order valence-corrected chi connectivity index (χ4v) is 1.94. The van der Waals surface area contributed by atoms with Crippen LogP contribution in [0.15, 0.2) is 46.9 Å². The summed E-state index contributed by atoms with van der Waals surface area (Å²) in [4.78, 5) is 4.52. The molecule has 0 amide bonds. The van der Waals surface area contributed by atoms with Crippen molar-refractivity contribution in [2.45, 2.75) is 13.8 Å². The third-order valence-corrected chi connectivity index (χ3v) is 2.81. The van der Waals surface area contributed by atoms with Crippen LogP contribution in [0.5, 0.6) is 0 Å². The Morgan fingerprint density at radius 1 is 0.941 bits per heavy atom.